The summed E-state index contributed by atoms with van der Waals surface area (Å²) >= 11 is 0. The minimum atomic E-state index is -0.600. The van der Waals surface area contributed by atoms with Crippen molar-refractivity contribution in [2.75, 3.05) is 23.7 Å². The largest absolute Gasteiger partial charge is 0.396 e. The number of hydrogen-bond donors (Lipinski definition) is 1. The Kier molecular flexibility index (Phi) is 5.92. The zero-order chi connectivity index (χ0) is 21.1. The van der Waals surface area contributed by atoms with E-state index in [1.807, 2.05) is 25.4 Å². The van der Waals surface area contributed by atoms with Crippen LogP contribution < -0.4 is 10.6 Å². The van der Waals surface area contributed by atoms with Crippen molar-refractivity contribution in [3.8, 4) is 0 Å². The molecule has 1 aromatic carbocycles. The van der Waals surface area contributed by atoms with E-state index in [2.05, 4.69) is 20.0 Å². The first-order valence-corrected chi connectivity index (χ1v) is 10.2. The second kappa shape index (κ2) is 8.77. The first-order valence-electron chi connectivity index (χ1n) is 10.2. The zero-order valence-electron chi connectivity index (χ0n) is 16.9. The van der Waals surface area contributed by atoms with Gasteiger partial charge in [0.25, 0.3) is 0 Å². The average molecular weight is 413 g/mol. The van der Waals surface area contributed by atoms with Gasteiger partial charge in [0.1, 0.15) is 17.7 Å². The fourth-order valence-electron chi connectivity index (χ4n) is 3.72. The Hall–Kier alpha value is -3.03. The number of aromatic nitrogens is 2. The summed E-state index contributed by atoms with van der Waals surface area (Å²) in [5, 5.41) is 4.33. The van der Waals surface area contributed by atoms with Crippen molar-refractivity contribution in [3.63, 3.8) is 0 Å². The van der Waals surface area contributed by atoms with Gasteiger partial charge in [-0.1, -0.05) is 11.2 Å². The van der Waals surface area contributed by atoms with Crippen LogP contribution in [0.2, 0.25) is 0 Å². The van der Waals surface area contributed by atoms with E-state index in [0.717, 1.165) is 54.8 Å². The molecule has 30 heavy (non-hydrogen) atoms. The average Bonchev–Trinajstić information content (AvgIpc) is 2.76. The van der Waals surface area contributed by atoms with Crippen molar-refractivity contribution < 1.29 is 13.6 Å². The van der Waals surface area contributed by atoms with Gasteiger partial charge in [-0.15, -0.1) is 0 Å². The monoisotopic (exact) mass is 413 g/mol. The number of anilines is 2. The zero-order valence-corrected chi connectivity index (χ0v) is 16.9. The van der Waals surface area contributed by atoms with Crippen LogP contribution in [-0.4, -0.2) is 34.9 Å². The molecule has 0 atom stereocenters. The number of oxime groups is 1. The highest BCUT2D eigenvalue weighted by molar-refractivity contribution is 5.91. The summed E-state index contributed by atoms with van der Waals surface area (Å²) < 4.78 is 27.8. The minimum absolute atomic E-state index is 0.0632. The number of piperidine rings is 1. The predicted octanol–water partition coefficient (Wildman–Crippen LogP) is 4.25. The van der Waals surface area contributed by atoms with E-state index in [1.165, 1.54) is 6.07 Å². The minimum Gasteiger partial charge on any atom is -0.396 e. The maximum absolute atomic E-state index is 14.1. The molecular weight excluding hydrogens is 388 g/mol. The first kappa shape index (κ1) is 20.3. The quantitative estimate of drug-likeness (QED) is 0.599. The molecule has 2 aliphatic rings. The van der Waals surface area contributed by atoms with Crippen LogP contribution in [0.25, 0.3) is 5.57 Å². The number of nitrogens with zero attached hydrogens (tertiary/aromatic N) is 4. The summed E-state index contributed by atoms with van der Waals surface area (Å²) in [6, 6.07) is 2.20. The smallest absolute Gasteiger partial charge is 0.225 e. The van der Waals surface area contributed by atoms with Gasteiger partial charge in [0, 0.05) is 56.4 Å². The van der Waals surface area contributed by atoms with Gasteiger partial charge < -0.3 is 15.5 Å². The summed E-state index contributed by atoms with van der Waals surface area (Å²) in [5.41, 5.74) is 8.25. The molecule has 2 aromatic rings. The summed E-state index contributed by atoms with van der Waals surface area (Å²) in [6.07, 6.45) is 9.12. The number of hydrogen-bond acceptors (Lipinski definition) is 6. The topological polar surface area (TPSA) is 76.6 Å². The van der Waals surface area contributed by atoms with E-state index in [4.69, 9.17) is 10.6 Å². The SMILES string of the molecule is Cc1cnc(N2CCC(ON=C3CC=C(c4cc(F)c(N)cc4F)CC3)CC2)nc1. The van der Waals surface area contributed by atoms with Crippen molar-refractivity contribution in [1.82, 2.24) is 9.97 Å². The number of nitrogen functional groups attached to an aromatic ring is 1. The van der Waals surface area contributed by atoms with E-state index in [-0.39, 0.29) is 17.4 Å². The number of halogens is 2. The maximum atomic E-state index is 14.1. The Morgan fingerprint density at radius 2 is 1.83 bits per heavy atom. The lowest BCUT2D eigenvalue weighted by Gasteiger charge is -2.30. The van der Waals surface area contributed by atoms with Crippen LogP contribution in [-0.2, 0) is 4.84 Å². The molecule has 1 fully saturated rings. The highest BCUT2D eigenvalue weighted by atomic mass is 19.1. The molecule has 8 heteroatoms. The molecule has 1 aliphatic heterocycles. The molecule has 1 aliphatic carbocycles. The third-order valence-electron chi connectivity index (χ3n) is 5.52. The van der Waals surface area contributed by atoms with Crippen molar-refractivity contribution in [3.05, 3.63) is 53.4 Å². The van der Waals surface area contributed by atoms with Gasteiger partial charge in [0.15, 0.2) is 0 Å². The second-order valence-electron chi connectivity index (χ2n) is 7.80. The molecule has 1 aromatic heterocycles. The number of allylic oxidation sites excluding steroid dienone is 2. The van der Waals surface area contributed by atoms with E-state index in [0.29, 0.717) is 19.3 Å². The molecule has 0 spiro atoms. The van der Waals surface area contributed by atoms with Gasteiger partial charge in [0.2, 0.25) is 5.95 Å². The molecule has 0 saturated carbocycles. The van der Waals surface area contributed by atoms with Gasteiger partial charge in [-0.25, -0.2) is 18.7 Å². The van der Waals surface area contributed by atoms with Crippen LogP contribution in [0.5, 0.6) is 0 Å². The lowest BCUT2D eigenvalue weighted by molar-refractivity contribution is 0.0411. The Morgan fingerprint density at radius 1 is 1.10 bits per heavy atom. The van der Waals surface area contributed by atoms with Gasteiger partial charge >= 0.3 is 0 Å². The second-order valence-corrected chi connectivity index (χ2v) is 7.80. The van der Waals surface area contributed by atoms with E-state index >= 15 is 0 Å². The van der Waals surface area contributed by atoms with E-state index < -0.39 is 11.6 Å². The van der Waals surface area contributed by atoms with Crippen LogP contribution in [0.15, 0.2) is 35.8 Å². The molecule has 2 N–H and O–H groups in total. The van der Waals surface area contributed by atoms with Crippen LogP contribution in [0, 0.1) is 18.6 Å². The van der Waals surface area contributed by atoms with Crippen molar-refractivity contribution in [2.24, 2.45) is 5.16 Å². The predicted molar refractivity (Wildman–Crippen MR) is 113 cm³/mol. The van der Waals surface area contributed by atoms with Crippen LogP contribution in [0.3, 0.4) is 0 Å². The van der Waals surface area contributed by atoms with Gasteiger partial charge in [-0.3, -0.25) is 0 Å². The molecule has 0 bridgehead atoms. The molecule has 4 rings (SSSR count). The van der Waals surface area contributed by atoms with Gasteiger partial charge in [-0.2, -0.15) is 0 Å². The molecule has 0 radical (unpaired) electrons. The number of nitrogens with two attached hydrogens (primary N) is 1. The highest BCUT2D eigenvalue weighted by Crippen LogP contribution is 2.30. The molecule has 1 saturated heterocycles. The summed E-state index contributed by atoms with van der Waals surface area (Å²) in [7, 11) is 0. The Labute approximate surface area is 174 Å². The normalized spacial score (nSPS) is 19.1. The van der Waals surface area contributed by atoms with Gasteiger partial charge in [-0.05, 0) is 37.0 Å². The van der Waals surface area contributed by atoms with E-state index in [1.54, 1.807) is 0 Å². The third kappa shape index (κ3) is 4.58. The molecular formula is C22H25F2N5O. The fourth-order valence-corrected chi connectivity index (χ4v) is 3.72. The molecule has 0 unspecified atom stereocenters. The number of rotatable bonds is 4. The Balaban J connectivity index is 1.30. The van der Waals surface area contributed by atoms with Crippen molar-refractivity contribution >= 4 is 22.9 Å². The Bertz CT molecular complexity index is 966. The standard InChI is InChI=1S/C22H25F2N5O/c1-14-12-26-22(27-13-14)29-8-6-17(7-9-29)30-28-16-4-2-15(3-5-16)18-10-20(24)21(25)11-19(18)23/h2,10-13,17H,3-9,25H2,1H3. The summed E-state index contributed by atoms with van der Waals surface area (Å²) in [4.78, 5) is 16.7. The highest BCUT2D eigenvalue weighted by Gasteiger charge is 2.23. The lowest BCUT2D eigenvalue weighted by Crippen LogP contribution is -2.37. The molecule has 2 heterocycles. The molecule has 158 valence electrons. The first-order chi connectivity index (χ1) is 14.5. The van der Waals surface area contributed by atoms with Crippen LogP contribution in [0.4, 0.5) is 20.4 Å². The number of benzene rings is 1. The third-order valence-corrected chi connectivity index (χ3v) is 5.52. The van der Waals surface area contributed by atoms with Gasteiger partial charge in [0.05, 0.1) is 11.4 Å². The van der Waals surface area contributed by atoms with Crippen molar-refractivity contribution in [1.29, 1.82) is 0 Å². The lowest BCUT2D eigenvalue weighted by atomic mass is 9.92. The Morgan fingerprint density at radius 3 is 2.50 bits per heavy atom. The van der Waals surface area contributed by atoms with Crippen LogP contribution in [0.1, 0.15) is 43.2 Å². The van der Waals surface area contributed by atoms with Crippen molar-refractivity contribution in [2.45, 2.75) is 45.1 Å². The number of aryl methyl sites for hydroxylation is 1. The summed E-state index contributed by atoms with van der Waals surface area (Å²) in [6.45, 7) is 3.62. The molecule has 6 nitrogen and oxygen atoms in total. The maximum Gasteiger partial charge on any atom is 0.225 e. The molecule has 0 amide bonds. The summed E-state index contributed by atoms with van der Waals surface area (Å²) in [5.74, 6) is -0.347. The van der Waals surface area contributed by atoms with Crippen LogP contribution >= 0.6 is 0 Å². The fraction of sp³-hybridized carbons (Fsp3) is 0.409. The van der Waals surface area contributed by atoms with E-state index in [9.17, 15) is 8.78 Å².